The fourth-order valence-corrected chi connectivity index (χ4v) is 5.10. The normalized spacial score (nSPS) is 23.4. The Bertz CT molecular complexity index is 1350. The molecule has 32 heavy (non-hydrogen) atoms. The number of halogens is 1. The van der Waals surface area contributed by atoms with Gasteiger partial charge in [0.25, 0.3) is 0 Å². The molecule has 3 aromatic heterocycles. The zero-order chi connectivity index (χ0) is 22.6. The van der Waals surface area contributed by atoms with Crippen molar-refractivity contribution < 1.29 is 10.2 Å². The number of nitrogen functional groups attached to an aromatic ring is 2. The smallest absolute Gasteiger partial charge is 0.142 e. The van der Waals surface area contributed by atoms with Gasteiger partial charge in [0.05, 0.1) is 22.1 Å². The van der Waals surface area contributed by atoms with Gasteiger partial charge in [-0.15, -0.1) is 0 Å². The molecule has 3 heterocycles. The third-order valence-corrected chi connectivity index (χ3v) is 7.13. The molecule has 1 aromatic carbocycles. The topological polar surface area (TPSA) is 123 Å². The van der Waals surface area contributed by atoms with Crippen LogP contribution in [0.15, 0.2) is 65.4 Å². The Morgan fingerprint density at radius 3 is 2.72 bits per heavy atom. The molecule has 0 spiro atoms. The Kier molecular flexibility index (Phi) is 5.16. The van der Waals surface area contributed by atoms with Gasteiger partial charge in [0.15, 0.2) is 0 Å². The first-order valence-electron chi connectivity index (χ1n) is 10.5. The lowest BCUT2D eigenvalue weighted by atomic mass is 9.93. The summed E-state index contributed by atoms with van der Waals surface area (Å²) in [5.41, 5.74) is 16.0. The molecule has 0 unspecified atom stereocenters. The highest BCUT2D eigenvalue weighted by atomic mass is 79.9. The molecule has 1 fully saturated rings. The molecule has 6 N–H and O–H groups in total. The zero-order valence-corrected chi connectivity index (χ0v) is 18.9. The third-order valence-electron chi connectivity index (χ3n) is 6.50. The summed E-state index contributed by atoms with van der Waals surface area (Å²) in [5.74, 6) is 0.209. The highest BCUT2D eigenvalue weighted by Gasteiger charge is 2.45. The predicted molar refractivity (Wildman–Crippen MR) is 130 cm³/mol. The highest BCUT2D eigenvalue weighted by molar-refractivity contribution is 9.10. The lowest BCUT2D eigenvalue weighted by Gasteiger charge is -2.19. The fraction of sp³-hybridized carbons (Fsp3) is 0.250. The number of aromatic nitrogens is 3. The molecule has 0 bridgehead atoms. The van der Waals surface area contributed by atoms with Crippen LogP contribution in [0.1, 0.15) is 18.0 Å². The summed E-state index contributed by atoms with van der Waals surface area (Å²) in [7, 11) is 0. The van der Waals surface area contributed by atoms with Gasteiger partial charge in [-0.2, -0.15) is 0 Å². The van der Waals surface area contributed by atoms with E-state index in [0.717, 1.165) is 31.9 Å². The van der Waals surface area contributed by atoms with Crippen LogP contribution < -0.4 is 11.5 Å². The average molecular weight is 494 g/mol. The van der Waals surface area contributed by atoms with Crippen molar-refractivity contribution in [2.75, 3.05) is 11.5 Å². The Morgan fingerprint density at radius 1 is 1.09 bits per heavy atom. The van der Waals surface area contributed by atoms with Crippen LogP contribution in [-0.2, 0) is 6.42 Å². The summed E-state index contributed by atoms with van der Waals surface area (Å²) in [4.78, 5) is 8.87. The van der Waals surface area contributed by atoms with Crippen LogP contribution in [0.4, 0.5) is 11.5 Å². The number of aliphatic hydroxyl groups is 2. The van der Waals surface area contributed by atoms with Crippen LogP contribution >= 0.6 is 15.9 Å². The number of nitrogens with two attached hydrogens (primary N) is 2. The molecule has 164 valence electrons. The van der Waals surface area contributed by atoms with Crippen molar-refractivity contribution in [1.82, 2.24) is 14.5 Å². The van der Waals surface area contributed by atoms with Gasteiger partial charge in [0.1, 0.15) is 17.6 Å². The largest absolute Gasteiger partial charge is 0.398 e. The molecule has 1 aliphatic rings. The van der Waals surface area contributed by atoms with Gasteiger partial charge in [-0.3, -0.25) is 0 Å². The zero-order valence-electron chi connectivity index (χ0n) is 17.3. The van der Waals surface area contributed by atoms with E-state index in [4.69, 9.17) is 11.5 Å². The number of rotatable bonds is 4. The number of anilines is 2. The fourth-order valence-electron chi connectivity index (χ4n) is 4.76. The van der Waals surface area contributed by atoms with Crippen LogP contribution in [0, 0.1) is 5.92 Å². The molecule has 8 heteroatoms. The van der Waals surface area contributed by atoms with E-state index in [1.165, 1.54) is 0 Å². The maximum Gasteiger partial charge on any atom is 0.142 e. The first-order chi connectivity index (χ1) is 15.3. The second-order valence-corrected chi connectivity index (χ2v) is 9.24. The SMILES string of the molecule is C=C1[C@@H](n2ccc3c(N)ccnc32)[C@H](O)[C@H](O)[C@H]1CCc1ccc2cc(Br)c(N)nc2c1. The average Bonchev–Trinajstić information content (AvgIpc) is 3.27. The molecule has 0 saturated heterocycles. The molecule has 1 aliphatic carbocycles. The number of aryl methyl sites for hydroxylation is 1. The van der Waals surface area contributed by atoms with Gasteiger partial charge >= 0.3 is 0 Å². The van der Waals surface area contributed by atoms with E-state index in [1.807, 2.05) is 35.0 Å². The van der Waals surface area contributed by atoms with Crippen molar-refractivity contribution in [1.29, 1.82) is 0 Å². The van der Waals surface area contributed by atoms with E-state index in [1.54, 1.807) is 12.3 Å². The van der Waals surface area contributed by atoms with Crippen LogP contribution in [0.25, 0.3) is 21.9 Å². The summed E-state index contributed by atoms with van der Waals surface area (Å²) in [5, 5.41) is 23.5. The van der Waals surface area contributed by atoms with Crippen molar-refractivity contribution in [2.24, 2.45) is 5.92 Å². The number of fused-ring (bicyclic) bond motifs is 2. The third kappa shape index (κ3) is 3.35. The van der Waals surface area contributed by atoms with Crippen molar-refractivity contribution in [3.63, 3.8) is 0 Å². The number of nitrogens with zero attached hydrogens (tertiary/aromatic N) is 3. The molecule has 4 aromatic rings. The lowest BCUT2D eigenvalue weighted by Crippen LogP contribution is -2.29. The summed E-state index contributed by atoms with van der Waals surface area (Å²) < 4.78 is 2.64. The maximum atomic E-state index is 10.9. The molecule has 0 amide bonds. The summed E-state index contributed by atoms with van der Waals surface area (Å²) in [6.45, 7) is 4.25. The van der Waals surface area contributed by atoms with Crippen LogP contribution in [-0.4, -0.2) is 37.0 Å². The standard InChI is InChI=1S/C24H24BrN5O2/c1-12-15(5-3-13-2-4-14-11-17(25)23(27)29-19(14)10-13)21(31)22(32)20(12)30-9-7-16-18(26)6-8-28-24(16)30/h2,4,6-11,15,20-22,31-32H,1,3,5H2,(H2,26,28)(H2,27,29)/t15-,20+,21+,22-/m0/s1. The van der Waals surface area contributed by atoms with Gasteiger partial charge in [-0.1, -0.05) is 18.7 Å². The minimum absolute atomic E-state index is 0.243. The molecule has 0 radical (unpaired) electrons. The van der Waals surface area contributed by atoms with Crippen molar-refractivity contribution in [3.8, 4) is 0 Å². The molecule has 0 aliphatic heterocycles. The summed E-state index contributed by atoms with van der Waals surface area (Å²) in [6, 6.07) is 11.2. The minimum atomic E-state index is -0.971. The number of benzene rings is 1. The molecular weight excluding hydrogens is 470 g/mol. The first-order valence-corrected chi connectivity index (χ1v) is 11.2. The Hall–Kier alpha value is -2.94. The van der Waals surface area contributed by atoms with Gasteiger partial charge < -0.3 is 26.2 Å². The number of pyridine rings is 2. The predicted octanol–water partition coefficient (Wildman–Crippen LogP) is 3.59. The van der Waals surface area contributed by atoms with Gasteiger partial charge in [-0.25, -0.2) is 9.97 Å². The Balaban J connectivity index is 1.39. The monoisotopic (exact) mass is 493 g/mol. The van der Waals surface area contributed by atoms with E-state index in [9.17, 15) is 10.2 Å². The number of hydrogen-bond donors (Lipinski definition) is 4. The quantitative estimate of drug-likeness (QED) is 0.322. The van der Waals surface area contributed by atoms with Crippen molar-refractivity contribution >= 4 is 49.4 Å². The Labute approximate surface area is 193 Å². The van der Waals surface area contributed by atoms with E-state index < -0.39 is 18.2 Å². The molecule has 1 saturated carbocycles. The number of hydrogen-bond acceptors (Lipinski definition) is 6. The van der Waals surface area contributed by atoms with E-state index >= 15 is 0 Å². The number of aliphatic hydroxyl groups excluding tert-OH is 2. The summed E-state index contributed by atoms with van der Waals surface area (Å²) >= 11 is 3.41. The van der Waals surface area contributed by atoms with E-state index in [0.29, 0.717) is 30.0 Å². The van der Waals surface area contributed by atoms with Crippen molar-refractivity contribution in [3.05, 3.63) is 71.0 Å². The first kappa shape index (κ1) is 20.9. The molecule has 4 atom stereocenters. The summed E-state index contributed by atoms with van der Waals surface area (Å²) in [6.07, 6.45) is 2.98. The van der Waals surface area contributed by atoms with E-state index in [2.05, 4.69) is 38.5 Å². The Morgan fingerprint density at radius 2 is 1.91 bits per heavy atom. The molecular formula is C24H24BrN5O2. The molecule has 5 rings (SSSR count). The van der Waals surface area contributed by atoms with Gasteiger partial charge in [0.2, 0.25) is 0 Å². The van der Waals surface area contributed by atoms with Crippen LogP contribution in [0.3, 0.4) is 0 Å². The van der Waals surface area contributed by atoms with Gasteiger partial charge in [-0.05, 0) is 64.2 Å². The minimum Gasteiger partial charge on any atom is -0.398 e. The highest BCUT2D eigenvalue weighted by Crippen LogP contribution is 2.43. The van der Waals surface area contributed by atoms with Crippen molar-refractivity contribution in [2.45, 2.75) is 31.1 Å². The van der Waals surface area contributed by atoms with Gasteiger partial charge in [0, 0.05) is 34.8 Å². The van der Waals surface area contributed by atoms with E-state index in [-0.39, 0.29) is 5.92 Å². The second kappa shape index (κ2) is 7.88. The maximum absolute atomic E-state index is 10.9. The second-order valence-electron chi connectivity index (χ2n) is 8.39. The van der Waals surface area contributed by atoms with Crippen LogP contribution in [0.5, 0.6) is 0 Å². The molecule has 7 nitrogen and oxygen atoms in total. The lowest BCUT2D eigenvalue weighted by molar-refractivity contribution is 0.00550. The van der Waals surface area contributed by atoms with Crippen LogP contribution in [0.2, 0.25) is 0 Å².